The fraction of sp³-hybridized carbons (Fsp3) is 0.364. The zero-order valence-corrected chi connectivity index (χ0v) is 8.83. The number of fused-ring (bicyclic) bond motifs is 3. The fourth-order valence-corrected chi connectivity index (χ4v) is 2.31. The van der Waals surface area contributed by atoms with E-state index in [1.165, 1.54) is 6.07 Å². The van der Waals surface area contributed by atoms with Gasteiger partial charge in [0.2, 0.25) is 0 Å². The van der Waals surface area contributed by atoms with Gasteiger partial charge in [-0.05, 0) is 18.6 Å². The highest BCUT2D eigenvalue weighted by Crippen LogP contribution is 2.37. The Bertz CT molecular complexity index is 585. The van der Waals surface area contributed by atoms with Gasteiger partial charge in [-0.25, -0.2) is 4.98 Å². The maximum absolute atomic E-state index is 12.8. The van der Waals surface area contributed by atoms with E-state index >= 15 is 0 Å². The predicted molar refractivity (Wildman–Crippen MR) is 56.3 cm³/mol. The Morgan fingerprint density at radius 3 is 2.82 bits per heavy atom. The SMILES string of the molecule is NC1CCn2c1nc1c(C(F)(F)F)cccc12. The van der Waals surface area contributed by atoms with Crippen molar-refractivity contribution >= 4 is 11.0 Å². The Morgan fingerprint density at radius 2 is 2.12 bits per heavy atom. The Kier molecular flexibility index (Phi) is 2.01. The zero-order valence-electron chi connectivity index (χ0n) is 8.83. The number of alkyl halides is 3. The number of rotatable bonds is 0. The van der Waals surface area contributed by atoms with Crippen molar-refractivity contribution in [2.24, 2.45) is 5.73 Å². The summed E-state index contributed by atoms with van der Waals surface area (Å²) < 4.78 is 40.2. The molecule has 17 heavy (non-hydrogen) atoms. The van der Waals surface area contributed by atoms with Gasteiger partial charge in [-0.2, -0.15) is 13.2 Å². The molecule has 0 saturated carbocycles. The topological polar surface area (TPSA) is 43.8 Å². The Labute approximate surface area is 95.0 Å². The number of aryl methyl sites for hydroxylation is 1. The van der Waals surface area contributed by atoms with Crippen LogP contribution in [0.3, 0.4) is 0 Å². The molecule has 1 aliphatic rings. The van der Waals surface area contributed by atoms with Crippen LogP contribution in [0.2, 0.25) is 0 Å². The van der Waals surface area contributed by atoms with Crippen LogP contribution in [0.1, 0.15) is 23.9 Å². The molecular formula is C11H10F3N3. The molecule has 0 spiro atoms. The van der Waals surface area contributed by atoms with Crippen molar-refractivity contribution in [1.82, 2.24) is 9.55 Å². The number of halogens is 3. The number of para-hydroxylation sites is 1. The summed E-state index contributed by atoms with van der Waals surface area (Å²) in [5.41, 5.74) is 5.64. The highest BCUT2D eigenvalue weighted by molar-refractivity contribution is 5.80. The molecule has 2 aromatic rings. The van der Waals surface area contributed by atoms with E-state index in [0.717, 1.165) is 12.5 Å². The van der Waals surface area contributed by atoms with Crippen molar-refractivity contribution in [3.05, 3.63) is 29.6 Å². The first-order valence-corrected chi connectivity index (χ1v) is 5.30. The fourth-order valence-electron chi connectivity index (χ4n) is 2.31. The molecule has 90 valence electrons. The lowest BCUT2D eigenvalue weighted by Crippen LogP contribution is -2.08. The summed E-state index contributed by atoms with van der Waals surface area (Å²) in [4.78, 5) is 4.06. The average molecular weight is 241 g/mol. The molecule has 2 heterocycles. The van der Waals surface area contributed by atoms with Crippen LogP contribution in [0.4, 0.5) is 13.2 Å². The van der Waals surface area contributed by atoms with Gasteiger partial charge in [0.25, 0.3) is 0 Å². The number of hydrogen-bond donors (Lipinski definition) is 1. The third-order valence-electron chi connectivity index (χ3n) is 3.11. The lowest BCUT2D eigenvalue weighted by atomic mass is 10.1. The van der Waals surface area contributed by atoms with Gasteiger partial charge < -0.3 is 10.3 Å². The molecule has 2 N–H and O–H groups in total. The summed E-state index contributed by atoms with van der Waals surface area (Å²) >= 11 is 0. The van der Waals surface area contributed by atoms with Gasteiger partial charge in [0.15, 0.2) is 0 Å². The third kappa shape index (κ3) is 1.44. The molecule has 1 unspecified atom stereocenters. The molecule has 3 rings (SSSR count). The van der Waals surface area contributed by atoms with Crippen molar-refractivity contribution in [2.75, 3.05) is 0 Å². The monoisotopic (exact) mass is 241 g/mol. The lowest BCUT2D eigenvalue weighted by molar-refractivity contribution is -0.136. The van der Waals surface area contributed by atoms with Crippen molar-refractivity contribution in [1.29, 1.82) is 0 Å². The largest absolute Gasteiger partial charge is 0.418 e. The van der Waals surface area contributed by atoms with E-state index in [-0.39, 0.29) is 11.6 Å². The van der Waals surface area contributed by atoms with Crippen molar-refractivity contribution in [2.45, 2.75) is 25.2 Å². The van der Waals surface area contributed by atoms with E-state index in [9.17, 15) is 13.2 Å². The minimum absolute atomic E-state index is 0.00477. The molecule has 1 atom stereocenters. The van der Waals surface area contributed by atoms with Crippen molar-refractivity contribution < 1.29 is 13.2 Å². The average Bonchev–Trinajstić information content (AvgIpc) is 2.77. The summed E-state index contributed by atoms with van der Waals surface area (Å²) in [7, 11) is 0. The van der Waals surface area contributed by atoms with Crippen LogP contribution < -0.4 is 5.73 Å². The maximum Gasteiger partial charge on any atom is 0.418 e. The molecule has 0 amide bonds. The Balaban J connectivity index is 2.32. The van der Waals surface area contributed by atoms with Gasteiger partial charge in [0, 0.05) is 6.54 Å². The summed E-state index contributed by atoms with van der Waals surface area (Å²) in [6.45, 7) is 0.633. The minimum atomic E-state index is -4.38. The van der Waals surface area contributed by atoms with E-state index in [1.54, 1.807) is 10.6 Å². The normalized spacial score (nSPS) is 19.9. The molecule has 1 aliphatic heterocycles. The van der Waals surface area contributed by atoms with E-state index in [1.807, 2.05) is 0 Å². The second kappa shape index (κ2) is 3.22. The minimum Gasteiger partial charge on any atom is -0.327 e. The van der Waals surface area contributed by atoms with E-state index in [2.05, 4.69) is 4.98 Å². The highest BCUT2D eigenvalue weighted by atomic mass is 19.4. The number of benzene rings is 1. The number of nitrogens with zero attached hydrogens (tertiary/aromatic N) is 2. The van der Waals surface area contributed by atoms with E-state index in [0.29, 0.717) is 17.9 Å². The molecule has 0 bridgehead atoms. The first-order chi connectivity index (χ1) is 7.98. The molecule has 0 saturated heterocycles. The smallest absolute Gasteiger partial charge is 0.327 e. The van der Waals surface area contributed by atoms with Gasteiger partial charge in [-0.15, -0.1) is 0 Å². The third-order valence-corrected chi connectivity index (χ3v) is 3.11. The van der Waals surface area contributed by atoms with Crippen LogP contribution >= 0.6 is 0 Å². The maximum atomic E-state index is 12.8. The molecule has 0 aliphatic carbocycles. The van der Waals surface area contributed by atoms with Gasteiger partial charge in [-0.1, -0.05) is 6.07 Å². The van der Waals surface area contributed by atoms with Crippen LogP contribution in [0.5, 0.6) is 0 Å². The van der Waals surface area contributed by atoms with Gasteiger partial charge in [0.1, 0.15) is 11.3 Å². The van der Waals surface area contributed by atoms with Crippen LogP contribution in [0, 0.1) is 0 Å². The molecule has 0 fully saturated rings. The van der Waals surface area contributed by atoms with Crippen LogP contribution in [-0.4, -0.2) is 9.55 Å². The quantitative estimate of drug-likeness (QED) is 0.770. The molecule has 1 aromatic carbocycles. The summed E-state index contributed by atoms with van der Waals surface area (Å²) in [6.07, 6.45) is -3.65. The van der Waals surface area contributed by atoms with Gasteiger partial charge in [-0.3, -0.25) is 0 Å². The first-order valence-electron chi connectivity index (χ1n) is 5.30. The molecule has 3 nitrogen and oxygen atoms in total. The van der Waals surface area contributed by atoms with Crippen molar-refractivity contribution in [3.8, 4) is 0 Å². The van der Waals surface area contributed by atoms with Crippen LogP contribution in [0.15, 0.2) is 18.2 Å². The van der Waals surface area contributed by atoms with E-state index < -0.39 is 11.7 Å². The first kappa shape index (κ1) is 10.6. The Morgan fingerprint density at radius 1 is 1.35 bits per heavy atom. The highest BCUT2D eigenvalue weighted by Gasteiger charge is 2.35. The van der Waals surface area contributed by atoms with Crippen LogP contribution in [-0.2, 0) is 12.7 Å². The number of hydrogen-bond acceptors (Lipinski definition) is 2. The van der Waals surface area contributed by atoms with Gasteiger partial charge in [0.05, 0.1) is 17.1 Å². The second-order valence-electron chi connectivity index (χ2n) is 4.19. The molecule has 0 radical (unpaired) electrons. The standard InChI is InChI=1S/C11H10F3N3/c12-11(13,14)6-2-1-3-8-9(6)16-10-7(15)4-5-17(8)10/h1-3,7H,4-5,15H2. The summed E-state index contributed by atoms with van der Waals surface area (Å²) in [6, 6.07) is 3.85. The van der Waals surface area contributed by atoms with Crippen molar-refractivity contribution in [3.63, 3.8) is 0 Å². The van der Waals surface area contributed by atoms with Gasteiger partial charge >= 0.3 is 6.18 Å². The van der Waals surface area contributed by atoms with Crippen LogP contribution in [0.25, 0.3) is 11.0 Å². The lowest BCUT2D eigenvalue weighted by Gasteiger charge is -2.07. The zero-order chi connectivity index (χ0) is 12.2. The molecule has 6 heteroatoms. The summed E-state index contributed by atoms with van der Waals surface area (Å²) in [5, 5.41) is 0. The Hall–Kier alpha value is -1.56. The number of nitrogens with two attached hydrogens (primary N) is 1. The molecular weight excluding hydrogens is 231 g/mol. The number of aromatic nitrogens is 2. The second-order valence-corrected chi connectivity index (χ2v) is 4.19. The number of imidazole rings is 1. The van der Waals surface area contributed by atoms with E-state index in [4.69, 9.17) is 5.73 Å². The predicted octanol–water partition coefficient (Wildman–Crippen LogP) is 2.46. The summed E-state index contributed by atoms with van der Waals surface area (Å²) in [5.74, 6) is 0.553. The molecule has 1 aromatic heterocycles.